The molecule has 3 aliphatic carbocycles. The Bertz CT molecular complexity index is 1380. The smallest absolute Gasteiger partial charge is 0.349 e. The molecule has 2 amide bonds. The van der Waals surface area contributed by atoms with E-state index in [9.17, 15) is 22.8 Å². The first kappa shape index (κ1) is 27.3. The minimum atomic E-state index is -4.49. The van der Waals surface area contributed by atoms with Crippen molar-refractivity contribution < 1.29 is 22.8 Å². The van der Waals surface area contributed by atoms with E-state index in [0.717, 1.165) is 44.6 Å². The van der Waals surface area contributed by atoms with Gasteiger partial charge in [-0.3, -0.25) is 9.59 Å². The number of imidazole rings is 1. The molecule has 6 rings (SSSR count). The van der Waals surface area contributed by atoms with Crippen LogP contribution in [0.1, 0.15) is 70.2 Å². The highest BCUT2D eigenvalue weighted by molar-refractivity contribution is 5.89. The highest BCUT2D eigenvalue weighted by Gasteiger charge is 2.60. The van der Waals surface area contributed by atoms with Crippen LogP contribution in [0.4, 0.5) is 13.2 Å². The molecule has 0 radical (unpaired) electrons. The number of hydrogen-bond acceptors (Lipinski definition) is 3. The molecule has 1 aliphatic heterocycles. The maximum absolute atomic E-state index is 13.5. The normalized spacial score (nSPS) is 35.4. The number of para-hydroxylation sites is 1. The number of amides is 2. The molecular formula is C31H39F3N4O2. The maximum Gasteiger partial charge on any atom is 0.418 e. The van der Waals surface area contributed by atoms with Crippen LogP contribution in [0.15, 0.2) is 30.4 Å². The number of carbonyl (C=O) groups excluding carboxylic acids is 2. The number of rotatable bonds is 4. The van der Waals surface area contributed by atoms with Gasteiger partial charge in [-0.1, -0.05) is 26.0 Å². The molecule has 3 saturated carbocycles. The fourth-order valence-corrected chi connectivity index (χ4v) is 9.31. The van der Waals surface area contributed by atoms with E-state index < -0.39 is 11.7 Å². The average molecular weight is 557 g/mol. The Kier molecular flexibility index (Phi) is 6.39. The van der Waals surface area contributed by atoms with Gasteiger partial charge in [-0.05, 0) is 85.8 Å². The summed E-state index contributed by atoms with van der Waals surface area (Å²) in [5.41, 5.74) is -0.352. The highest BCUT2D eigenvalue weighted by Crippen LogP contribution is 2.66. The van der Waals surface area contributed by atoms with Gasteiger partial charge in [0.15, 0.2) is 0 Å². The molecule has 0 spiro atoms. The Hall–Kier alpha value is -2.84. The Labute approximate surface area is 233 Å². The fraction of sp³-hybridized carbons (Fsp3) is 0.645. The molecule has 2 heterocycles. The maximum atomic E-state index is 13.5. The van der Waals surface area contributed by atoms with Gasteiger partial charge in [-0.15, -0.1) is 0 Å². The summed E-state index contributed by atoms with van der Waals surface area (Å²) in [5, 5.41) is 2.96. The van der Waals surface area contributed by atoms with Crippen molar-refractivity contribution in [2.45, 2.75) is 77.6 Å². The second-order valence-corrected chi connectivity index (χ2v) is 13.2. The zero-order valence-electron chi connectivity index (χ0n) is 23.7. The first-order valence-corrected chi connectivity index (χ1v) is 14.6. The summed E-state index contributed by atoms with van der Waals surface area (Å²) >= 11 is 0. The molecule has 40 heavy (non-hydrogen) atoms. The molecule has 1 aromatic heterocycles. The summed E-state index contributed by atoms with van der Waals surface area (Å²) in [4.78, 5) is 31.7. The zero-order chi connectivity index (χ0) is 28.6. The summed E-state index contributed by atoms with van der Waals surface area (Å²) in [6.07, 6.45) is 6.39. The van der Waals surface area contributed by atoms with Crippen molar-refractivity contribution in [1.29, 1.82) is 0 Å². The van der Waals surface area contributed by atoms with Crippen LogP contribution in [0, 0.1) is 34.5 Å². The van der Waals surface area contributed by atoms with Gasteiger partial charge < -0.3 is 14.8 Å². The summed E-state index contributed by atoms with van der Waals surface area (Å²) in [6.45, 7) is 4.82. The number of fused-ring (bicyclic) bond motifs is 6. The summed E-state index contributed by atoms with van der Waals surface area (Å²) in [5.74, 6) is 2.44. The molecule has 0 bridgehead atoms. The van der Waals surface area contributed by atoms with Gasteiger partial charge >= 0.3 is 6.18 Å². The molecule has 216 valence electrons. The quantitative estimate of drug-likeness (QED) is 0.514. The molecule has 1 aromatic carbocycles. The van der Waals surface area contributed by atoms with Gasteiger partial charge in [-0.25, -0.2) is 4.98 Å². The molecule has 1 N–H and O–H groups in total. The number of halogens is 3. The molecule has 0 unspecified atom stereocenters. The Balaban J connectivity index is 1.13. The molecule has 6 nitrogen and oxygen atoms in total. The predicted molar refractivity (Wildman–Crippen MR) is 146 cm³/mol. The number of aromatic nitrogens is 2. The van der Waals surface area contributed by atoms with E-state index >= 15 is 0 Å². The van der Waals surface area contributed by atoms with Crippen LogP contribution in [0.3, 0.4) is 0 Å². The van der Waals surface area contributed by atoms with Crippen LogP contribution in [-0.2, 0) is 29.4 Å². The van der Waals surface area contributed by atoms with E-state index in [1.807, 2.05) is 11.9 Å². The molecule has 4 aliphatic rings. The van der Waals surface area contributed by atoms with E-state index in [2.05, 4.69) is 30.2 Å². The first-order valence-electron chi connectivity index (χ1n) is 14.6. The van der Waals surface area contributed by atoms with E-state index in [1.165, 1.54) is 6.07 Å². The second-order valence-electron chi connectivity index (χ2n) is 13.2. The number of likely N-dealkylation sites (N-methyl/N-ethyl adjacent to an activating group) is 1. The second kappa shape index (κ2) is 9.35. The third-order valence-electron chi connectivity index (χ3n) is 11.5. The van der Waals surface area contributed by atoms with Crippen molar-refractivity contribution >= 4 is 22.8 Å². The first-order chi connectivity index (χ1) is 18.8. The van der Waals surface area contributed by atoms with Crippen LogP contribution in [0.5, 0.6) is 0 Å². The standard InChI is InChI=1S/C31H39F3N4O2/c1-29-14-12-21-19(9-11-24-30(21,2)15-13-27(40)38(24)4)20(29)10-8-18(29)16-26(39)35-17-25-36-28-22(31(32,33)34)6-5-7-23(28)37(25)3/h5-7,13,15,18-21,24H,8-12,14,16-17H2,1-4H3,(H,35,39)/t18-,19+,20+,21+,24-,29-,30-/m1/s1. The van der Waals surface area contributed by atoms with Crippen LogP contribution in [-0.4, -0.2) is 39.4 Å². The van der Waals surface area contributed by atoms with Crippen molar-refractivity contribution in [3.63, 3.8) is 0 Å². The third-order valence-corrected chi connectivity index (χ3v) is 11.5. The molecule has 2 aromatic rings. The van der Waals surface area contributed by atoms with Crippen LogP contribution in [0.25, 0.3) is 11.0 Å². The average Bonchev–Trinajstić information content (AvgIpc) is 3.41. The largest absolute Gasteiger partial charge is 0.418 e. The summed E-state index contributed by atoms with van der Waals surface area (Å²) in [7, 11) is 3.62. The number of alkyl halides is 3. The Morgan fingerprint density at radius 2 is 1.88 bits per heavy atom. The monoisotopic (exact) mass is 556 g/mol. The SMILES string of the molecule is CN1C(=O)C=C[C@]2(C)[C@H]3CC[C@]4(C)[C@@H](CC(=O)NCc5nc6c(C(F)(F)F)cccc6n5C)CC[C@H]4[C@@H]3CC[C@@H]12. The van der Waals surface area contributed by atoms with E-state index in [0.29, 0.717) is 35.5 Å². The molecular weight excluding hydrogens is 517 g/mol. The zero-order valence-corrected chi connectivity index (χ0v) is 23.7. The van der Waals surface area contributed by atoms with Gasteiger partial charge in [0.25, 0.3) is 0 Å². The van der Waals surface area contributed by atoms with Crippen molar-refractivity contribution in [3.05, 3.63) is 41.7 Å². The topological polar surface area (TPSA) is 67.2 Å². The van der Waals surface area contributed by atoms with E-state index in [4.69, 9.17) is 0 Å². The van der Waals surface area contributed by atoms with Gasteiger partial charge in [-0.2, -0.15) is 13.2 Å². The lowest BCUT2D eigenvalue weighted by Gasteiger charge is -2.60. The predicted octanol–water partition coefficient (Wildman–Crippen LogP) is 5.85. The van der Waals surface area contributed by atoms with Crippen molar-refractivity contribution in [2.24, 2.45) is 41.5 Å². The summed E-state index contributed by atoms with van der Waals surface area (Å²) < 4.78 is 42.0. The highest BCUT2D eigenvalue weighted by atomic mass is 19.4. The number of aryl methyl sites for hydroxylation is 1. The van der Waals surface area contributed by atoms with Gasteiger partial charge in [0.05, 0.1) is 17.6 Å². The lowest BCUT2D eigenvalue weighted by atomic mass is 9.47. The molecule has 7 atom stereocenters. The van der Waals surface area contributed by atoms with Gasteiger partial charge in [0, 0.05) is 32.0 Å². The number of carbonyl (C=O) groups is 2. The van der Waals surface area contributed by atoms with Gasteiger partial charge in [0.1, 0.15) is 11.3 Å². The number of nitrogens with zero attached hydrogens (tertiary/aromatic N) is 3. The lowest BCUT2D eigenvalue weighted by molar-refractivity contribution is -0.139. The lowest BCUT2D eigenvalue weighted by Crippen LogP contribution is -2.59. The fourth-order valence-electron chi connectivity index (χ4n) is 9.31. The van der Waals surface area contributed by atoms with Crippen LogP contribution in [0.2, 0.25) is 0 Å². The Morgan fingerprint density at radius 3 is 2.62 bits per heavy atom. The molecule has 9 heteroatoms. The minimum absolute atomic E-state index is 0.0000420. The van der Waals surface area contributed by atoms with Crippen LogP contribution < -0.4 is 5.32 Å². The number of nitrogens with one attached hydrogen (secondary N) is 1. The van der Waals surface area contributed by atoms with E-state index in [1.54, 1.807) is 23.8 Å². The van der Waals surface area contributed by atoms with Crippen molar-refractivity contribution in [1.82, 2.24) is 19.8 Å². The third kappa shape index (κ3) is 4.09. The summed E-state index contributed by atoms with van der Waals surface area (Å²) in [6, 6.07) is 4.30. The van der Waals surface area contributed by atoms with E-state index in [-0.39, 0.29) is 46.7 Å². The minimum Gasteiger partial charge on any atom is -0.349 e. The van der Waals surface area contributed by atoms with Crippen molar-refractivity contribution in [3.8, 4) is 0 Å². The van der Waals surface area contributed by atoms with Crippen LogP contribution >= 0.6 is 0 Å². The Morgan fingerprint density at radius 1 is 1.10 bits per heavy atom. The number of benzene rings is 1. The number of hydrogen-bond donors (Lipinski definition) is 1. The van der Waals surface area contributed by atoms with Crippen molar-refractivity contribution in [2.75, 3.05) is 7.05 Å². The molecule has 0 saturated heterocycles. The van der Waals surface area contributed by atoms with Gasteiger partial charge in [0.2, 0.25) is 11.8 Å². The molecule has 3 fully saturated rings.